The van der Waals surface area contributed by atoms with Gasteiger partial charge in [-0.05, 0) is 64.2 Å². The van der Waals surface area contributed by atoms with Gasteiger partial charge in [-0.15, -0.1) is 0 Å². The lowest BCUT2D eigenvalue weighted by Crippen LogP contribution is -2.39. The summed E-state index contributed by atoms with van der Waals surface area (Å²) in [5, 5.41) is 7.99. The van der Waals surface area contributed by atoms with Gasteiger partial charge in [-0.1, -0.05) is 17.7 Å². The van der Waals surface area contributed by atoms with Crippen LogP contribution in [0.5, 0.6) is 0 Å². The summed E-state index contributed by atoms with van der Waals surface area (Å²) in [6.07, 6.45) is 5.34. The second-order valence-electron chi connectivity index (χ2n) is 7.83. The van der Waals surface area contributed by atoms with Gasteiger partial charge in [0.2, 0.25) is 11.8 Å². The van der Waals surface area contributed by atoms with Gasteiger partial charge in [-0.25, -0.2) is 4.79 Å². The molecule has 0 heterocycles. The maximum absolute atomic E-state index is 12.1. The first kappa shape index (κ1) is 21.5. The van der Waals surface area contributed by atoms with Crippen LogP contribution in [-0.2, 0) is 20.9 Å². The highest BCUT2D eigenvalue weighted by Gasteiger charge is 2.16. The molecule has 0 atom stereocenters. The molecule has 0 aliphatic heterocycles. The molecule has 3 N–H and O–H groups in total. The lowest BCUT2D eigenvalue weighted by atomic mass is 10.2. The van der Waals surface area contributed by atoms with Gasteiger partial charge in [0, 0.05) is 18.3 Å². The third-order valence-corrected chi connectivity index (χ3v) is 4.06. The molecule has 1 fully saturated rings. The predicted octanol–water partition coefficient (Wildman–Crippen LogP) is 3.27. The summed E-state index contributed by atoms with van der Waals surface area (Å²) in [7, 11) is 0. The summed E-state index contributed by atoms with van der Waals surface area (Å²) in [6.45, 7) is 5.38. The average molecular weight is 387 g/mol. The van der Waals surface area contributed by atoms with E-state index in [2.05, 4.69) is 16.0 Å². The molecule has 1 saturated carbocycles. The van der Waals surface area contributed by atoms with Crippen molar-refractivity contribution in [3.05, 3.63) is 41.5 Å². The van der Waals surface area contributed by atoms with Gasteiger partial charge >= 0.3 is 6.09 Å². The van der Waals surface area contributed by atoms with Gasteiger partial charge in [-0.3, -0.25) is 9.59 Å². The average Bonchev–Trinajstić information content (AvgIpc) is 3.09. The normalized spacial score (nSPS) is 13.6. The zero-order chi connectivity index (χ0) is 20.6. The molecule has 1 aliphatic rings. The molecule has 3 amide bonds. The van der Waals surface area contributed by atoms with E-state index in [1.807, 2.05) is 18.2 Å². The van der Waals surface area contributed by atoms with E-state index in [1.54, 1.807) is 32.9 Å². The predicted molar refractivity (Wildman–Crippen MR) is 108 cm³/mol. The van der Waals surface area contributed by atoms with Crippen LogP contribution in [0.3, 0.4) is 0 Å². The Morgan fingerprint density at radius 3 is 2.50 bits per heavy atom. The Labute approximate surface area is 165 Å². The first-order valence-corrected chi connectivity index (χ1v) is 9.54. The maximum Gasteiger partial charge on any atom is 0.408 e. The van der Waals surface area contributed by atoms with E-state index in [0.717, 1.165) is 31.2 Å². The van der Waals surface area contributed by atoms with Crippen LogP contribution in [0.15, 0.2) is 35.9 Å². The van der Waals surface area contributed by atoms with Gasteiger partial charge in [0.15, 0.2) is 0 Å². The second kappa shape index (κ2) is 9.92. The first-order chi connectivity index (χ1) is 13.2. The molecule has 7 nitrogen and oxygen atoms in total. The first-order valence-electron chi connectivity index (χ1n) is 9.54. The van der Waals surface area contributed by atoms with E-state index >= 15 is 0 Å². The molecule has 0 radical (unpaired) electrons. The van der Waals surface area contributed by atoms with Crippen molar-refractivity contribution >= 4 is 23.6 Å². The number of carbonyl (C=O) groups excluding carboxylic acids is 3. The number of anilines is 1. The van der Waals surface area contributed by atoms with Gasteiger partial charge in [-0.2, -0.15) is 0 Å². The van der Waals surface area contributed by atoms with E-state index in [0.29, 0.717) is 12.2 Å². The fraction of sp³-hybridized carbons (Fsp3) is 0.476. The minimum atomic E-state index is -0.635. The second-order valence-corrected chi connectivity index (χ2v) is 7.83. The highest BCUT2D eigenvalue weighted by atomic mass is 16.6. The molecule has 152 valence electrons. The molecular formula is C21H29N3O4. The number of benzene rings is 1. The lowest BCUT2D eigenvalue weighted by molar-refractivity contribution is -0.120. The standard InChI is InChI=1S/C21H29N3O4/c1-21(2,3)28-20(27)23-14-19(26)22-13-16-9-6-10-17(11-16)24-18(25)12-15-7-4-5-8-15/h6,9-12H,4-5,7-8,13-14H2,1-3H3,(H,22,26)(H,23,27)(H,24,25). The van der Waals surface area contributed by atoms with Crippen molar-refractivity contribution < 1.29 is 19.1 Å². The van der Waals surface area contributed by atoms with Gasteiger partial charge in [0.25, 0.3) is 0 Å². The van der Waals surface area contributed by atoms with E-state index in [4.69, 9.17) is 4.74 Å². The highest BCUT2D eigenvalue weighted by Crippen LogP contribution is 2.23. The van der Waals surface area contributed by atoms with Gasteiger partial charge in [0.05, 0.1) is 0 Å². The largest absolute Gasteiger partial charge is 0.444 e. The van der Waals surface area contributed by atoms with Crippen LogP contribution in [0.1, 0.15) is 52.0 Å². The molecule has 0 bridgehead atoms. The molecule has 1 aromatic carbocycles. The zero-order valence-electron chi connectivity index (χ0n) is 16.8. The Bertz CT molecular complexity index is 742. The summed E-state index contributed by atoms with van der Waals surface area (Å²) in [6, 6.07) is 7.29. The van der Waals surface area contributed by atoms with Gasteiger partial charge in [0.1, 0.15) is 12.1 Å². The van der Waals surface area contributed by atoms with Crippen LogP contribution in [0, 0.1) is 0 Å². The summed E-state index contributed by atoms with van der Waals surface area (Å²) in [5.74, 6) is -0.453. The SMILES string of the molecule is CC(C)(C)OC(=O)NCC(=O)NCc1cccc(NC(=O)C=C2CCCC2)c1. The number of nitrogens with one attached hydrogen (secondary N) is 3. The Balaban J connectivity index is 1.77. The summed E-state index contributed by atoms with van der Waals surface area (Å²) < 4.78 is 5.08. The number of rotatable bonds is 6. The smallest absolute Gasteiger partial charge is 0.408 e. The minimum absolute atomic E-state index is 0.125. The van der Waals surface area contributed by atoms with Crippen LogP contribution < -0.4 is 16.0 Å². The third kappa shape index (κ3) is 8.24. The summed E-state index contributed by atoms with van der Waals surface area (Å²) in [5.41, 5.74) is 2.10. The number of carbonyl (C=O) groups is 3. The molecule has 0 unspecified atom stereocenters. The van der Waals surface area contributed by atoms with Crippen molar-refractivity contribution in [2.75, 3.05) is 11.9 Å². The van der Waals surface area contributed by atoms with Crippen molar-refractivity contribution in [1.29, 1.82) is 0 Å². The third-order valence-electron chi connectivity index (χ3n) is 4.06. The molecule has 0 aromatic heterocycles. The number of alkyl carbamates (subject to hydrolysis) is 1. The molecule has 1 aliphatic carbocycles. The topological polar surface area (TPSA) is 96.5 Å². The zero-order valence-corrected chi connectivity index (χ0v) is 16.8. The lowest BCUT2D eigenvalue weighted by Gasteiger charge is -2.19. The van der Waals surface area contributed by atoms with Gasteiger partial charge < -0.3 is 20.7 Å². The number of allylic oxidation sites excluding steroid dienone is 1. The molecule has 0 spiro atoms. The van der Waals surface area contributed by atoms with Crippen LogP contribution in [0.25, 0.3) is 0 Å². The number of hydrogen-bond acceptors (Lipinski definition) is 4. The monoisotopic (exact) mass is 387 g/mol. The Morgan fingerprint density at radius 2 is 1.82 bits per heavy atom. The Kier molecular flexibility index (Phi) is 7.61. The summed E-state index contributed by atoms with van der Waals surface area (Å²) >= 11 is 0. The van der Waals surface area contributed by atoms with Crippen LogP contribution >= 0.6 is 0 Å². The number of ether oxygens (including phenoxy) is 1. The minimum Gasteiger partial charge on any atom is -0.444 e. The molecule has 7 heteroatoms. The van der Waals surface area contributed by atoms with Crippen molar-refractivity contribution in [2.24, 2.45) is 0 Å². The van der Waals surface area contributed by atoms with Crippen molar-refractivity contribution in [3.63, 3.8) is 0 Å². The van der Waals surface area contributed by atoms with Crippen LogP contribution in [0.2, 0.25) is 0 Å². The van der Waals surface area contributed by atoms with E-state index in [9.17, 15) is 14.4 Å². The molecule has 1 aromatic rings. The number of amides is 3. The Morgan fingerprint density at radius 1 is 1.11 bits per heavy atom. The number of hydrogen-bond donors (Lipinski definition) is 3. The van der Waals surface area contributed by atoms with Crippen molar-refractivity contribution in [2.45, 2.75) is 58.6 Å². The molecule has 0 saturated heterocycles. The molecular weight excluding hydrogens is 358 g/mol. The quantitative estimate of drug-likeness (QED) is 0.653. The van der Waals surface area contributed by atoms with Crippen LogP contribution in [0.4, 0.5) is 10.5 Å². The van der Waals surface area contributed by atoms with E-state index in [1.165, 1.54) is 5.57 Å². The molecule has 28 heavy (non-hydrogen) atoms. The molecule has 2 rings (SSSR count). The van der Waals surface area contributed by atoms with Crippen molar-refractivity contribution in [3.8, 4) is 0 Å². The maximum atomic E-state index is 12.1. The summed E-state index contributed by atoms with van der Waals surface area (Å²) in [4.78, 5) is 35.5. The van der Waals surface area contributed by atoms with E-state index < -0.39 is 11.7 Å². The Hall–Kier alpha value is -2.83. The van der Waals surface area contributed by atoms with Crippen molar-refractivity contribution in [1.82, 2.24) is 10.6 Å². The fourth-order valence-electron chi connectivity index (χ4n) is 2.83. The highest BCUT2D eigenvalue weighted by molar-refractivity contribution is 5.99. The van der Waals surface area contributed by atoms with E-state index in [-0.39, 0.29) is 18.4 Å². The fourth-order valence-corrected chi connectivity index (χ4v) is 2.83. The van der Waals surface area contributed by atoms with Crippen LogP contribution in [-0.4, -0.2) is 30.1 Å².